The highest BCUT2D eigenvalue weighted by molar-refractivity contribution is 5.90. The number of amides is 2. The summed E-state index contributed by atoms with van der Waals surface area (Å²) in [6.45, 7) is 12.6. The van der Waals surface area contributed by atoms with Crippen LogP contribution in [0.5, 0.6) is 0 Å². The lowest BCUT2D eigenvalue weighted by molar-refractivity contribution is -0.140. The van der Waals surface area contributed by atoms with Gasteiger partial charge < -0.3 is 15.3 Å². The molecule has 7 heteroatoms. The highest BCUT2D eigenvalue weighted by Crippen LogP contribution is 2.24. The summed E-state index contributed by atoms with van der Waals surface area (Å²) >= 11 is 0. The van der Waals surface area contributed by atoms with Gasteiger partial charge in [-0.25, -0.2) is 4.79 Å². The Morgan fingerprint density at radius 3 is 2.41 bits per heavy atom. The van der Waals surface area contributed by atoms with E-state index in [1.165, 1.54) is 17.9 Å². The van der Waals surface area contributed by atoms with E-state index in [2.05, 4.69) is 24.1 Å². The Labute approximate surface area is 175 Å². The first-order valence-electron chi connectivity index (χ1n) is 10.6. The topological polar surface area (TPSA) is 90.0 Å². The van der Waals surface area contributed by atoms with E-state index < -0.39 is 17.4 Å². The Morgan fingerprint density at radius 1 is 1.28 bits per heavy atom. The molecule has 0 aromatic heterocycles. The van der Waals surface area contributed by atoms with Crippen LogP contribution in [0.4, 0.5) is 0 Å². The minimum atomic E-state index is -1.01. The molecule has 2 amide bonds. The molecule has 0 saturated carbocycles. The van der Waals surface area contributed by atoms with Crippen molar-refractivity contribution in [1.29, 1.82) is 0 Å². The van der Waals surface area contributed by atoms with Gasteiger partial charge in [0.25, 0.3) is 0 Å². The van der Waals surface area contributed by atoms with Crippen molar-refractivity contribution in [2.24, 2.45) is 5.41 Å². The number of nitrogens with one attached hydrogen (secondary N) is 1. The summed E-state index contributed by atoms with van der Waals surface area (Å²) in [6.07, 6.45) is 5.39. The Bertz CT molecular complexity index is 624. The molecule has 1 saturated heterocycles. The lowest BCUT2D eigenvalue weighted by atomic mass is 9.85. The highest BCUT2D eigenvalue weighted by Gasteiger charge is 2.38. The SMILES string of the molecule is CCC(C)N1CCCCC1C(=O)NC(C(=O)N(C)C/C=C(\C)C(=O)O)C(C)(C)C. The molecule has 166 valence electrons. The third-order valence-electron chi connectivity index (χ3n) is 5.79. The van der Waals surface area contributed by atoms with E-state index in [0.717, 1.165) is 32.2 Å². The van der Waals surface area contributed by atoms with Gasteiger partial charge in [0.1, 0.15) is 6.04 Å². The van der Waals surface area contributed by atoms with Crippen LogP contribution in [0.2, 0.25) is 0 Å². The zero-order valence-corrected chi connectivity index (χ0v) is 19.1. The first-order valence-corrected chi connectivity index (χ1v) is 10.6. The van der Waals surface area contributed by atoms with Gasteiger partial charge in [0.2, 0.25) is 11.8 Å². The van der Waals surface area contributed by atoms with E-state index in [1.54, 1.807) is 7.05 Å². The van der Waals surface area contributed by atoms with E-state index in [-0.39, 0.29) is 30.0 Å². The van der Waals surface area contributed by atoms with Gasteiger partial charge in [-0.05, 0) is 45.1 Å². The highest BCUT2D eigenvalue weighted by atomic mass is 16.4. The van der Waals surface area contributed by atoms with Crippen molar-refractivity contribution >= 4 is 17.8 Å². The molecule has 7 nitrogen and oxygen atoms in total. The van der Waals surface area contributed by atoms with Crippen LogP contribution in [-0.2, 0) is 14.4 Å². The molecule has 1 rings (SSSR count). The van der Waals surface area contributed by atoms with Crippen molar-refractivity contribution in [2.45, 2.75) is 85.4 Å². The van der Waals surface area contributed by atoms with Gasteiger partial charge in [0.15, 0.2) is 0 Å². The van der Waals surface area contributed by atoms with Gasteiger partial charge in [-0.15, -0.1) is 0 Å². The van der Waals surface area contributed by atoms with E-state index in [1.807, 2.05) is 20.8 Å². The zero-order chi connectivity index (χ0) is 22.4. The van der Waals surface area contributed by atoms with Crippen LogP contribution in [0.25, 0.3) is 0 Å². The lowest BCUT2D eigenvalue weighted by Gasteiger charge is -2.40. The van der Waals surface area contributed by atoms with Gasteiger partial charge in [0, 0.05) is 25.2 Å². The van der Waals surface area contributed by atoms with Crippen molar-refractivity contribution < 1.29 is 19.5 Å². The first-order chi connectivity index (χ1) is 13.4. The molecular weight excluding hydrogens is 370 g/mol. The molecule has 29 heavy (non-hydrogen) atoms. The maximum atomic E-state index is 13.2. The predicted octanol–water partition coefficient (Wildman–Crippen LogP) is 2.66. The van der Waals surface area contributed by atoms with Crippen LogP contribution in [0.15, 0.2) is 11.6 Å². The molecule has 0 radical (unpaired) electrons. The Balaban J connectivity index is 2.95. The quantitative estimate of drug-likeness (QED) is 0.602. The summed E-state index contributed by atoms with van der Waals surface area (Å²) in [7, 11) is 1.63. The number of carboxylic acids is 1. The molecular formula is C22H39N3O4. The number of carbonyl (C=O) groups is 3. The van der Waals surface area contributed by atoms with E-state index in [0.29, 0.717) is 6.04 Å². The van der Waals surface area contributed by atoms with Crippen LogP contribution in [-0.4, -0.2) is 71.0 Å². The van der Waals surface area contributed by atoms with Crippen LogP contribution >= 0.6 is 0 Å². The van der Waals surface area contributed by atoms with Gasteiger partial charge in [-0.2, -0.15) is 0 Å². The molecule has 0 aliphatic carbocycles. The molecule has 2 N–H and O–H groups in total. The fraction of sp³-hybridized carbons (Fsp3) is 0.773. The summed E-state index contributed by atoms with van der Waals surface area (Å²) in [6, 6.07) is -0.573. The summed E-state index contributed by atoms with van der Waals surface area (Å²) in [5.74, 6) is -1.32. The van der Waals surface area contributed by atoms with E-state index in [4.69, 9.17) is 5.11 Å². The second-order valence-corrected chi connectivity index (χ2v) is 9.23. The molecule has 0 aromatic rings. The van der Waals surface area contributed by atoms with Crippen molar-refractivity contribution in [1.82, 2.24) is 15.1 Å². The third-order valence-corrected chi connectivity index (χ3v) is 5.79. The molecule has 1 aliphatic rings. The van der Waals surface area contributed by atoms with Crippen LogP contribution < -0.4 is 5.32 Å². The van der Waals surface area contributed by atoms with Crippen LogP contribution in [0.1, 0.15) is 67.2 Å². The molecule has 0 bridgehead atoms. The van der Waals surface area contributed by atoms with Crippen LogP contribution in [0, 0.1) is 5.41 Å². The zero-order valence-electron chi connectivity index (χ0n) is 19.1. The number of likely N-dealkylation sites (tertiary alicyclic amines) is 1. The van der Waals surface area contributed by atoms with Gasteiger partial charge in [-0.3, -0.25) is 14.5 Å². The summed E-state index contributed by atoms with van der Waals surface area (Å²) in [5, 5.41) is 12.0. The molecule has 0 aromatic carbocycles. The number of rotatable bonds is 8. The average Bonchev–Trinajstić information content (AvgIpc) is 2.67. The monoisotopic (exact) mass is 409 g/mol. The van der Waals surface area contributed by atoms with Gasteiger partial charge >= 0.3 is 5.97 Å². The van der Waals surface area contributed by atoms with Crippen LogP contribution in [0.3, 0.4) is 0 Å². The standard InChI is InChI=1S/C22H39N3O4/c1-8-16(3)25-13-10-9-11-17(25)19(26)23-18(22(4,5)6)20(27)24(7)14-12-15(2)21(28)29/h12,16-18H,8-11,13-14H2,1-7H3,(H,23,26)(H,28,29)/b15-12+. The number of piperidine rings is 1. The number of aliphatic carboxylic acids is 1. The van der Waals surface area contributed by atoms with E-state index >= 15 is 0 Å². The summed E-state index contributed by atoms with van der Waals surface area (Å²) in [5.41, 5.74) is -0.282. The molecule has 0 spiro atoms. The Morgan fingerprint density at radius 2 is 1.90 bits per heavy atom. The number of hydrogen-bond donors (Lipinski definition) is 2. The minimum absolute atomic E-state index is 0.0936. The van der Waals surface area contributed by atoms with Crippen molar-refractivity contribution in [3.8, 4) is 0 Å². The minimum Gasteiger partial charge on any atom is -0.478 e. The second kappa shape index (κ2) is 10.8. The molecule has 3 atom stereocenters. The largest absolute Gasteiger partial charge is 0.478 e. The van der Waals surface area contributed by atoms with Crippen molar-refractivity contribution in [3.05, 3.63) is 11.6 Å². The number of nitrogens with zero attached hydrogens (tertiary/aromatic N) is 2. The third kappa shape index (κ3) is 7.14. The number of hydrogen-bond acceptors (Lipinski definition) is 4. The maximum Gasteiger partial charge on any atom is 0.331 e. The number of carbonyl (C=O) groups excluding carboxylic acids is 2. The average molecular weight is 410 g/mol. The molecule has 1 aliphatic heterocycles. The smallest absolute Gasteiger partial charge is 0.331 e. The fourth-order valence-electron chi connectivity index (χ4n) is 3.56. The molecule has 1 fully saturated rings. The number of carboxylic acid groups (broad SMARTS) is 1. The van der Waals surface area contributed by atoms with Gasteiger partial charge in [0.05, 0.1) is 6.04 Å². The molecule has 1 heterocycles. The Hall–Kier alpha value is -1.89. The van der Waals surface area contributed by atoms with Crippen molar-refractivity contribution in [2.75, 3.05) is 20.1 Å². The molecule has 3 unspecified atom stereocenters. The van der Waals surface area contributed by atoms with E-state index in [9.17, 15) is 14.4 Å². The predicted molar refractivity (Wildman–Crippen MR) is 115 cm³/mol. The Kier molecular flexibility index (Phi) is 9.33. The lowest BCUT2D eigenvalue weighted by Crippen LogP contribution is -2.59. The normalized spacial score (nSPS) is 20.7. The summed E-state index contributed by atoms with van der Waals surface area (Å²) in [4.78, 5) is 40.9. The fourth-order valence-corrected chi connectivity index (χ4v) is 3.56. The number of likely N-dealkylation sites (N-methyl/N-ethyl adjacent to an activating group) is 1. The first kappa shape index (κ1) is 25.1. The summed E-state index contributed by atoms with van der Waals surface area (Å²) < 4.78 is 0. The van der Waals surface area contributed by atoms with Gasteiger partial charge in [-0.1, -0.05) is 40.2 Å². The maximum absolute atomic E-state index is 13.2. The van der Waals surface area contributed by atoms with Crippen molar-refractivity contribution in [3.63, 3.8) is 0 Å². The second-order valence-electron chi connectivity index (χ2n) is 9.23.